The van der Waals surface area contributed by atoms with Gasteiger partial charge in [-0.2, -0.15) is 0 Å². The van der Waals surface area contributed by atoms with Crippen molar-refractivity contribution in [1.29, 1.82) is 0 Å². The molecule has 1 aliphatic carbocycles. The van der Waals surface area contributed by atoms with E-state index in [9.17, 15) is 0 Å². The molecule has 0 bridgehead atoms. The summed E-state index contributed by atoms with van der Waals surface area (Å²) in [5.41, 5.74) is 1.94. The lowest BCUT2D eigenvalue weighted by atomic mass is 10.1. The molecule has 36 valence electrons. The predicted molar refractivity (Wildman–Crippen MR) is 32.8 cm³/mol. The van der Waals surface area contributed by atoms with Crippen LogP contribution in [0.4, 0.5) is 0 Å². The predicted octanol–water partition coefficient (Wildman–Crippen LogP) is 1.07. The van der Waals surface area contributed by atoms with E-state index in [0.717, 1.165) is 0 Å². The first kappa shape index (κ1) is 3.72. The van der Waals surface area contributed by atoms with Gasteiger partial charge in [-0.15, -0.1) is 11.8 Å². The Labute approximate surface area is 46.5 Å². The smallest absolute Gasteiger partial charge is 0.0843 e. The summed E-state index contributed by atoms with van der Waals surface area (Å²) in [6.07, 6.45) is 4.34. The van der Waals surface area contributed by atoms with E-state index in [-0.39, 0.29) is 0 Å². The second kappa shape index (κ2) is 1.13. The highest BCUT2D eigenvalue weighted by Crippen LogP contribution is 2.30. The fraction of sp³-hybridized carbons (Fsp3) is 0.400. The molecule has 1 aliphatic heterocycles. The van der Waals surface area contributed by atoms with Crippen molar-refractivity contribution in [1.82, 2.24) is 0 Å². The molecule has 0 saturated heterocycles. The van der Waals surface area contributed by atoms with Gasteiger partial charge >= 0.3 is 0 Å². The van der Waals surface area contributed by atoms with E-state index < -0.39 is 0 Å². The quantitative estimate of drug-likeness (QED) is 0.426. The minimum absolute atomic E-state index is 0.546. The number of rotatable bonds is 0. The van der Waals surface area contributed by atoms with Crippen molar-refractivity contribution in [3.05, 3.63) is 12.2 Å². The second-order valence-corrected chi connectivity index (χ2v) is 2.76. The van der Waals surface area contributed by atoms with Crippen LogP contribution in [-0.4, -0.2) is 16.8 Å². The Morgan fingerprint density at radius 3 is 2.71 bits per heavy atom. The fourth-order valence-electron chi connectivity index (χ4n) is 0.737. The van der Waals surface area contributed by atoms with Gasteiger partial charge in [0, 0.05) is 0 Å². The molecule has 0 fully saturated rings. The summed E-state index contributed by atoms with van der Waals surface area (Å²) >= 11 is 1.81. The molecule has 0 aromatic heterocycles. The Morgan fingerprint density at radius 1 is 1.43 bits per heavy atom. The number of thioether (sulfide) groups is 1. The largest absolute Gasteiger partial charge is 0.277 e. The van der Waals surface area contributed by atoms with Crippen LogP contribution in [0.15, 0.2) is 17.1 Å². The summed E-state index contributed by atoms with van der Waals surface area (Å²) in [5, 5.41) is 0.708. The maximum atomic E-state index is 4.16. The zero-order valence-corrected chi connectivity index (χ0v) is 4.56. The second-order valence-electron chi connectivity index (χ2n) is 1.73. The summed E-state index contributed by atoms with van der Waals surface area (Å²) in [6.45, 7) is 0. The van der Waals surface area contributed by atoms with E-state index in [1.807, 2.05) is 17.3 Å². The third-order valence-electron chi connectivity index (χ3n) is 1.29. The van der Waals surface area contributed by atoms with Crippen LogP contribution in [0.1, 0.15) is 0 Å². The van der Waals surface area contributed by atoms with Crippen molar-refractivity contribution in [2.45, 2.75) is 11.3 Å². The molecule has 0 aromatic carbocycles. The van der Waals surface area contributed by atoms with Crippen LogP contribution in [0.2, 0.25) is 0 Å². The Bertz CT molecular complexity index is 139. The van der Waals surface area contributed by atoms with E-state index in [1.165, 1.54) is 0 Å². The molecule has 0 radical (unpaired) electrons. The molecule has 0 saturated carbocycles. The highest BCUT2D eigenvalue weighted by atomic mass is 32.2. The molecule has 1 heterocycles. The highest BCUT2D eigenvalue weighted by molar-refractivity contribution is 8.13. The van der Waals surface area contributed by atoms with Crippen LogP contribution >= 0.6 is 11.8 Å². The van der Waals surface area contributed by atoms with Crippen LogP contribution < -0.4 is 0 Å². The molecule has 2 heteroatoms. The summed E-state index contributed by atoms with van der Waals surface area (Å²) in [6, 6.07) is 0.546. The van der Waals surface area contributed by atoms with Crippen LogP contribution in [0.3, 0.4) is 0 Å². The van der Waals surface area contributed by atoms with Crippen LogP contribution in [0.25, 0.3) is 0 Å². The first-order chi connectivity index (χ1) is 3.47. The van der Waals surface area contributed by atoms with Crippen molar-refractivity contribution in [3.8, 4) is 0 Å². The number of hydrogen-bond donors (Lipinski definition) is 0. The van der Waals surface area contributed by atoms with Crippen molar-refractivity contribution < 1.29 is 0 Å². The van der Waals surface area contributed by atoms with Crippen molar-refractivity contribution >= 4 is 17.3 Å². The lowest BCUT2D eigenvalue weighted by Gasteiger charge is -2.16. The van der Waals surface area contributed by atoms with Crippen LogP contribution in [0.5, 0.6) is 0 Å². The molecule has 7 heavy (non-hydrogen) atoms. The number of aliphatic imine (C=N–C) groups is 1. The Hall–Kier alpha value is -0.240. The minimum Gasteiger partial charge on any atom is -0.277 e. The van der Waals surface area contributed by atoms with Gasteiger partial charge in [0.05, 0.1) is 16.8 Å². The Kier molecular flexibility index (Phi) is 0.600. The SMILES string of the molecule is C1=C[C@H]2SC=N[C@@H]12. The van der Waals surface area contributed by atoms with E-state index in [1.54, 1.807) is 0 Å². The number of fused-ring (bicyclic) bond motifs is 1. The third-order valence-corrected chi connectivity index (χ3v) is 2.28. The van der Waals surface area contributed by atoms with Gasteiger partial charge in [0.1, 0.15) is 0 Å². The van der Waals surface area contributed by atoms with Gasteiger partial charge in [0.25, 0.3) is 0 Å². The third kappa shape index (κ3) is 0.374. The standard InChI is InChI=1S/C5H5NS/c1-2-5-4(1)6-3-7-5/h1-5H/t4-,5+/m0/s1. The van der Waals surface area contributed by atoms with Gasteiger partial charge in [0.15, 0.2) is 0 Å². The molecule has 0 aromatic rings. The maximum Gasteiger partial charge on any atom is 0.0843 e. The maximum absolute atomic E-state index is 4.16. The van der Waals surface area contributed by atoms with Crippen molar-refractivity contribution in [2.75, 3.05) is 0 Å². The van der Waals surface area contributed by atoms with Gasteiger partial charge in [0.2, 0.25) is 0 Å². The fourth-order valence-corrected chi connectivity index (χ4v) is 1.59. The molecule has 0 N–H and O–H groups in total. The normalized spacial score (nSPS) is 43.4. The first-order valence-corrected chi connectivity index (χ1v) is 3.26. The van der Waals surface area contributed by atoms with E-state index in [0.29, 0.717) is 11.3 Å². The van der Waals surface area contributed by atoms with Crippen molar-refractivity contribution in [3.63, 3.8) is 0 Å². The molecule has 0 unspecified atom stereocenters. The van der Waals surface area contributed by atoms with E-state index in [2.05, 4.69) is 17.1 Å². The summed E-state index contributed by atoms with van der Waals surface area (Å²) in [7, 11) is 0. The summed E-state index contributed by atoms with van der Waals surface area (Å²) in [5.74, 6) is 0. The average molecular weight is 111 g/mol. The highest BCUT2D eigenvalue weighted by Gasteiger charge is 2.26. The molecule has 0 amide bonds. The van der Waals surface area contributed by atoms with E-state index >= 15 is 0 Å². The van der Waals surface area contributed by atoms with Gasteiger partial charge in [-0.1, -0.05) is 12.2 Å². The number of hydrogen-bond acceptors (Lipinski definition) is 2. The molecular formula is C5H5NS. The Balaban J connectivity index is 2.29. The topological polar surface area (TPSA) is 12.4 Å². The van der Waals surface area contributed by atoms with Gasteiger partial charge in [-0.05, 0) is 0 Å². The van der Waals surface area contributed by atoms with E-state index in [4.69, 9.17) is 0 Å². The number of nitrogens with zero attached hydrogens (tertiary/aromatic N) is 1. The lowest BCUT2D eigenvalue weighted by Crippen LogP contribution is -2.20. The van der Waals surface area contributed by atoms with Crippen molar-refractivity contribution in [2.24, 2.45) is 4.99 Å². The Morgan fingerprint density at radius 2 is 2.43 bits per heavy atom. The molecule has 2 aliphatic rings. The zero-order valence-electron chi connectivity index (χ0n) is 3.74. The van der Waals surface area contributed by atoms with Gasteiger partial charge < -0.3 is 0 Å². The molecule has 0 spiro atoms. The lowest BCUT2D eigenvalue weighted by molar-refractivity contribution is 0.808. The summed E-state index contributed by atoms with van der Waals surface area (Å²) < 4.78 is 0. The molecule has 1 nitrogen and oxygen atoms in total. The minimum atomic E-state index is 0.546. The zero-order chi connectivity index (χ0) is 4.69. The van der Waals surface area contributed by atoms with Gasteiger partial charge in [-0.3, -0.25) is 4.99 Å². The molecular weight excluding hydrogens is 106 g/mol. The monoisotopic (exact) mass is 111 g/mol. The van der Waals surface area contributed by atoms with Gasteiger partial charge in [-0.25, -0.2) is 0 Å². The summed E-state index contributed by atoms with van der Waals surface area (Å²) in [4.78, 5) is 4.16. The average Bonchev–Trinajstić information content (AvgIpc) is 1.85. The first-order valence-electron chi connectivity index (χ1n) is 2.32. The van der Waals surface area contributed by atoms with Crippen LogP contribution in [0, 0.1) is 0 Å². The van der Waals surface area contributed by atoms with Crippen LogP contribution in [-0.2, 0) is 0 Å². The molecule has 2 atom stereocenters. The molecule has 2 rings (SSSR count).